The van der Waals surface area contributed by atoms with Gasteiger partial charge in [-0.2, -0.15) is 0 Å². The molecule has 156 valence electrons. The van der Waals surface area contributed by atoms with Gasteiger partial charge >= 0.3 is 0 Å². The number of pyridine rings is 1. The van der Waals surface area contributed by atoms with Crippen LogP contribution in [0.4, 0.5) is 11.4 Å². The summed E-state index contributed by atoms with van der Waals surface area (Å²) in [4.78, 5) is 23.8. The van der Waals surface area contributed by atoms with Crippen molar-refractivity contribution in [2.45, 2.75) is 26.7 Å². The summed E-state index contributed by atoms with van der Waals surface area (Å²) < 4.78 is 5.50. The first-order valence-electron chi connectivity index (χ1n) is 10.6. The fourth-order valence-electron chi connectivity index (χ4n) is 3.81. The lowest BCUT2D eigenvalue weighted by molar-refractivity contribution is 0.0749. The normalized spacial score (nSPS) is 14.0. The smallest absolute Gasteiger partial charge is 0.272 e. The summed E-state index contributed by atoms with van der Waals surface area (Å²) in [5.74, 6) is 0.940. The molecule has 29 heavy (non-hydrogen) atoms. The number of rotatable bonds is 8. The molecule has 1 aromatic heterocycles. The summed E-state index contributed by atoms with van der Waals surface area (Å²) in [5, 5.41) is 0. The summed E-state index contributed by atoms with van der Waals surface area (Å²) in [6.07, 6.45) is 3.75. The maximum Gasteiger partial charge on any atom is 0.272 e. The second kappa shape index (κ2) is 10.1. The number of aromatic nitrogens is 1. The number of para-hydroxylation sites is 2. The number of methoxy groups -OCH3 is 1. The fourth-order valence-corrected chi connectivity index (χ4v) is 3.81. The molecule has 2 heterocycles. The van der Waals surface area contributed by atoms with E-state index < -0.39 is 0 Å². The summed E-state index contributed by atoms with van der Waals surface area (Å²) >= 11 is 0. The molecule has 1 amide bonds. The molecule has 0 saturated carbocycles. The van der Waals surface area contributed by atoms with Crippen molar-refractivity contribution in [2.24, 2.45) is 0 Å². The van der Waals surface area contributed by atoms with Gasteiger partial charge in [-0.3, -0.25) is 4.79 Å². The van der Waals surface area contributed by atoms with Crippen molar-refractivity contribution < 1.29 is 9.53 Å². The van der Waals surface area contributed by atoms with Crippen LogP contribution in [0, 0.1) is 0 Å². The standard InChI is InChI=1S/C23H32N4O2/c1-4-12-27(13-5-2)23(28)20-11-10-19(18-24-20)25-14-16-26(17-15-25)21-8-6-7-9-22(21)29-3/h6-11,18H,4-5,12-17H2,1-3H3. The van der Waals surface area contributed by atoms with Gasteiger partial charge in [0.1, 0.15) is 11.4 Å². The van der Waals surface area contributed by atoms with Gasteiger partial charge in [0, 0.05) is 39.3 Å². The Hall–Kier alpha value is -2.76. The number of hydrogen-bond donors (Lipinski definition) is 0. The van der Waals surface area contributed by atoms with Crippen LogP contribution in [0.2, 0.25) is 0 Å². The van der Waals surface area contributed by atoms with Gasteiger partial charge < -0.3 is 19.4 Å². The molecule has 1 aromatic carbocycles. The number of amides is 1. The summed E-state index contributed by atoms with van der Waals surface area (Å²) in [5.41, 5.74) is 2.74. The minimum Gasteiger partial charge on any atom is -0.495 e. The van der Waals surface area contributed by atoms with Crippen molar-refractivity contribution >= 4 is 17.3 Å². The molecule has 6 nitrogen and oxygen atoms in total. The van der Waals surface area contributed by atoms with Gasteiger partial charge in [0.05, 0.1) is 24.7 Å². The van der Waals surface area contributed by atoms with E-state index in [1.165, 1.54) is 0 Å². The van der Waals surface area contributed by atoms with E-state index in [1.807, 2.05) is 41.4 Å². The van der Waals surface area contributed by atoms with Crippen LogP contribution in [0.1, 0.15) is 37.2 Å². The molecule has 0 aliphatic carbocycles. The van der Waals surface area contributed by atoms with Crippen LogP contribution >= 0.6 is 0 Å². The van der Waals surface area contributed by atoms with Crippen molar-refractivity contribution in [3.8, 4) is 5.75 Å². The van der Waals surface area contributed by atoms with Crippen molar-refractivity contribution in [1.29, 1.82) is 0 Å². The number of ether oxygens (including phenoxy) is 1. The number of anilines is 2. The molecular weight excluding hydrogens is 364 g/mol. The average molecular weight is 397 g/mol. The summed E-state index contributed by atoms with van der Waals surface area (Å²) in [6, 6.07) is 12.0. The number of carbonyl (C=O) groups excluding carboxylic acids is 1. The molecule has 0 bridgehead atoms. The van der Waals surface area contributed by atoms with E-state index in [-0.39, 0.29) is 5.91 Å². The average Bonchev–Trinajstić information content (AvgIpc) is 2.78. The lowest BCUT2D eigenvalue weighted by Gasteiger charge is -2.37. The highest BCUT2D eigenvalue weighted by Gasteiger charge is 2.21. The molecule has 6 heteroatoms. The van der Waals surface area contributed by atoms with Gasteiger partial charge in [0.25, 0.3) is 5.91 Å². The zero-order chi connectivity index (χ0) is 20.6. The van der Waals surface area contributed by atoms with E-state index in [0.717, 1.165) is 69.2 Å². The van der Waals surface area contributed by atoms with Gasteiger partial charge in [0.15, 0.2) is 0 Å². The Morgan fingerprint density at radius 1 is 1.00 bits per heavy atom. The number of piperazine rings is 1. The highest BCUT2D eigenvalue weighted by atomic mass is 16.5. The summed E-state index contributed by atoms with van der Waals surface area (Å²) in [7, 11) is 1.71. The lowest BCUT2D eigenvalue weighted by atomic mass is 10.2. The number of nitrogens with zero attached hydrogens (tertiary/aromatic N) is 4. The molecule has 0 unspecified atom stereocenters. The van der Waals surface area contributed by atoms with Crippen molar-refractivity contribution in [3.05, 3.63) is 48.3 Å². The van der Waals surface area contributed by atoms with E-state index in [4.69, 9.17) is 4.74 Å². The minimum absolute atomic E-state index is 0.0289. The maximum atomic E-state index is 12.7. The van der Waals surface area contributed by atoms with Crippen LogP contribution in [0.5, 0.6) is 5.75 Å². The Bertz CT molecular complexity index is 780. The lowest BCUT2D eigenvalue weighted by Crippen LogP contribution is -2.46. The van der Waals surface area contributed by atoms with Gasteiger partial charge in [-0.25, -0.2) is 4.98 Å². The second-order valence-corrected chi connectivity index (χ2v) is 7.34. The van der Waals surface area contributed by atoms with Gasteiger partial charge in [-0.1, -0.05) is 26.0 Å². The number of carbonyl (C=O) groups is 1. The highest BCUT2D eigenvalue weighted by Crippen LogP contribution is 2.29. The zero-order valence-corrected chi connectivity index (χ0v) is 17.8. The van der Waals surface area contributed by atoms with Crippen LogP contribution in [-0.4, -0.2) is 62.2 Å². The second-order valence-electron chi connectivity index (χ2n) is 7.34. The monoisotopic (exact) mass is 396 g/mol. The third kappa shape index (κ3) is 5.00. The predicted molar refractivity (Wildman–Crippen MR) is 118 cm³/mol. The Balaban J connectivity index is 1.62. The third-order valence-corrected chi connectivity index (χ3v) is 5.31. The Morgan fingerprint density at radius 2 is 1.66 bits per heavy atom. The highest BCUT2D eigenvalue weighted by molar-refractivity contribution is 5.92. The molecule has 1 aliphatic heterocycles. The maximum absolute atomic E-state index is 12.7. The van der Waals surface area contributed by atoms with Gasteiger partial charge in [0.2, 0.25) is 0 Å². The van der Waals surface area contributed by atoms with E-state index in [2.05, 4.69) is 34.7 Å². The van der Waals surface area contributed by atoms with E-state index in [9.17, 15) is 4.79 Å². The van der Waals surface area contributed by atoms with Crippen LogP contribution in [-0.2, 0) is 0 Å². The van der Waals surface area contributed by atoms with Crippen LogP contribution in [0.15, 0.2) is 42.6 Å². The molecule has 2 aromatic rings. The molecule has 3 rings (SSSR count). The molecule has 0 spiro atoms. The third-order valence-electron chi connectivity index (χ3n) is 5.31. The first kappa shape index (κ1) is 21.0. The first-order chi connectivity index (χ1) is 14.2. The quantitative estimate of drug-likeness (QED) is 0.681. The molecule has 1 aliphatic rings. The molecule has 1 fully saturated rings. The SMILES string of the molecule is CCCN(CCC)C(=O)c1ccc(N2CCN(c3ccccc3OC)CC2)cn1. The van der Waals surface area contributed by atoms with Gasteiger partial charge in [-0.15, -0.1) is 0 Å². The Morgan fingerprint density at radius 3 is 2.24 bits per heavy atom. The predicted octanol–water partition coefficient (Wildman–Crippen LogP) is 3.68. The topological polar surface area (TPSA) is 48.9 Å². The van der Waals surface area contributed by atoms with Crippen LogP contribution in [0.3, 0.4) is 0 Å². The van der Waals surface area contributed by atoms with Crippen LogP contribution in [0.25, 0.3) is 0 Å². The minimum atomic E-state index is 0.0289. The molecule has 0 N–H and O–H groups in total. The Kier molecular flexibility index (Phi) is 7.33. The van der Waals surface area contributed by atoms with Crippen LogP contribution < -0.4 is 14.5 Å². The number of benzene rings is 1. The molecular formula is C23H32N4O2. The fraction of sp³-hybridized carbons (Fsp3) is 0.478. The van der Waals surface area contributed by atoms with Gasteiger partial charge in [-0.05, 0) is 37.1 Å². The van der Waals surface area contributed by atoms with E-state index in [0.29, 0.717) is 5.69 Å². The van der Waals surface area contributed by atoms with Crippen molar-refractivity contribution in [2.75, 3.05) is 56.2 Å². The largest absolute Gasteiger partial charge is 0.495 e. The van der Waals surface area contributed by atoms with Crippen molar-refractivity contribution in [1.82, 2.24) is 9.88 Å². The summed E-state index contributed by atoms with van der Waals surface area (Å²) in [6.45, 7) is 9.40. The first-order valence-corrected chi connectivity index (χ1v) is 10.6. The zero-order valence-electron chi connectivity index (χ0n) is 17.8. The Labute approximate surface area is 174 Å². The van der Waals surface area contributed by atoms with E-state index in [1.54, 1.807) is 7.11 Å². The molecule has 1 saturated heterocycles. The van der Waals surface area contributed by atoms with Crippen molar-refractivity contribution in [3.63, 3.8) is 0 Å². The number of hydrogen-bond acceptors (Lipinski definition) is 5. The molecule has 0 atom stereocenters. The molecule has 0 radical (unpaired) electrons. The van der Waals surface area contributed by atoms with E-state index >= 15 is 0 Å².